The lowest BCUT2D eigenvalue weighted by atomic mass is 10.1. The van der Waals surface area contributed by atoms with Crippen molar-refractivity contribution in [3.63, 3.8) is 0 Å². The van der Waals surface area contributed by atoms with Gasteiger partial charge in [-0.15, -0.1) is 0 Å². The summed E-state index contributed by atoms with van der Waals surface area (Å²) in [5.74, 6) is -0.485. The van der Waals surface area contributed by atoms with Gasteiger partial charge in [0.1, 0.15) is 11.6 Å². The topological polar surface area (TPSA) is 67.4 Å². The van der Waals surface area contributed by atoms with Gasteiger partial charge < -0.3 is 15.4 Å². The molecule has 2 amide bonds. The van der Waals surface area contributed by atoms with Crippen LogP contribution < -0.4 is 15.4 Å². The van der Waals surface area contributed by atoms with E-state index in [1.54, 1.807) is 24.3 Å². The summed E-state index contributed by atoms with van der Waals surface area (Å²) in [6.45, 7) is 1.40. The van der Waals surface area contributed by atoms with E-state index in [1.807, 2.05) is 0 Å². The highest BCUT2D eigenvalue weighted by molar-refractivity contribution is 5.94. The van der Waals surface area contributed by atoms with Crippen LogP contribution in [0.15, 0.2) is 42.5 Å². The molecule has 0 aliphatic carbocycles. The average Bonchev–Trinajstić information content (AvgIpc) is 2.47. The molecule has 0 atom stereocenters. The second kappa shape index (κ2) is 7.40. The standard InChI is InChI=1S/C17H17FN2O3/c1-11(21)19-14-4-3-5-15(10-14)20-17(22)9-12-8-13(18)6-7-16(12)23-2/h3-8,10H,9H2,1-2H3,(H,19,21)(H,20,22). The zero-order valence-electron chi connectivity index (χ0n) is 12.9. The third kappa shape index (κ3) is 4.81. The first-order valence-electron chi connectivity index (χ1n) is 6.98. The van der Waals surface area contributed by atoms with E-state index >= 15 is 0 Å². The molecule has 0 bridgehead atoms. The number of nitrogens with one attached hydrogen (secondary N) is 2. The molecule has 0 unspecified atom stereocenters. The van der Waals surface area contributed by atoms with Crippen LogP contribution in [-0.2, 0) is 16.0 Å². The number of rotatable bonds is 5. The van der Waals surface area contributed by atoms with E-state index in [4.69, 9.17) is 4.74 Å². The van der Waals surface area contributed by atoms with Crippen LogP contribution in [0.4, 0.5) is 15.8 Å². The van der Waals surface area contributed by atoms with E-state index < -0.39 is 5.82 Å². The Labute approximate surface area is 133 Å². The van der Waals surface area contributed by atoms with Gasteiger partial charge in [0.25, 0.3) is 0 Å². The molecule has 0 aliphatic rings. The number of hydrogen-bond acceptors (Lipinski definition) is 3. The molecule has 0 aromatic heterocycles. The number of anilines is 2. The number of hydrogen-bond donors (Lipinski definition) is 2. The highest BCUT2D eigenvalue weighted by Crippen LogP contribution is 2.21. The van der Waals surface area contributed by atoms with Crippen LogP contribution in [-0.4, -0.2) is 18.9 Å². The summed E-state index contributed by atoms with van der Waals surface area (Å²) >= 11 is 0. The Morgan fingerprint density at radius 3 is 2.43 bits per heavy atom. The van der Waals surface area contributed by atoms with E-state index in [0.29, 0.717) is 22.7 Å². The van der Waals surface area contributed by atoms with Crippen molar-refractivity contribution < 1.29 is 18.7 Å². The maximum Gasteiger partial charge on any atom is 0.228 e. The normalized spacial score (nSPS) is 10.0. The summed E-state index contributed by atoms with van der Waals surface area (Å²) in [6.07, 6.45) is -0.0225. The van der Waals surface area contributed by atoms with Crippen LogP contribution in [0.25, 0.3) is 0 Å². The molecule has 0 aliphatic heterocycles. The molecular formula is C17H17FN2O3. The quantitative estimate of drug-likeness (QED) is 0.891. The first-order chi connectivity index (χ1) is 11.0. The summed E-state index contributed by atoms with van der Waals surface area (Å²) in [6, 6.07) is 10.8. The SMILES string of the molecule is COc1ccc(F)cc1CC(=O)Nc1cccc(NC(C)=O)c1. The van der Waals surface area contributed by atoms with Crippen LogP contribution in [0.5, 0.6) is 5.75 Å². The second-order valence-electron chi connectivity index (χ2n) is 4.94. The molecule has 0 radical (unpaired) electrons. The predicted molar refractivity (Wildman–Crippen MR) is 86.0 cm³/mol. The lowest BCUT2D eigenvalue weighted by molar-refractivity contribution is -0.116. The Balaban J connectivity index is 2.08. The lowest BCUT2D eigenvalue weighted by Gasteiger charge is -2.10. The predicted octanol–water partition coefficient (Wildman–Crippen LogP) is 2.97. The van der Waals surface area contributed by atoms with Gasteiger partial charge in [0, 0.05) is 23.9 Å². The molecular weight excluding hydrogens is 299 g/mol. The minimum Gasteiger partial charge on any atom is -0.496 e. The monoisotopic (exact) mass is 316 g/mol. The number of halogens is 1. The molecule has 2 aromatic rings. The Kier molecular flexibility index (Phi) is 5.30. The molecule has 6 heteroatoms. The molecule has 2 aromatic carbocycles. The fourth-order valence-corrected chi connectivity index (χ4v) is 2.14. The fourth-order valence-electron chi connectivity index (χ4n) is 2.14. The van der Waals surface area contributed by atoms with E-state index in [0.717, 1.165) is 0 Å². The summed E-state index contributed by atoms with van der Waals surface area (Å²) in [5.41, 5.74) is 1.58. The van der Waals surface area contributed by atoms with Crippen molar-refractivity contribution in [2.24, 2.45) is 0 Å². The number of carbonyl (C=O) groups is 2. The molecule has 0 heterocycles. The number of benzene rings is 2. The third-order valence-corrected chi connectivity index (χ3v) is 3.06. The van der Waals surface area contributed by atoms with Crippen molar-refractivity contribution in [1.82, 2.24) is 0 Å². The Hall–Kier alpha value is -2.89. The van der Waals surface area contributed by atoms with Crippen molar-refractivity contribution in [2.45, 2.75) is 13.3 Å². The van der Waals surface area contributed by atoms with Crippen molar-refractivity contribution in [1.29, 1.82) is 0 Å². The van der Waals surface area contributed by atoms with Gasteiger partial charge in [-0.05, 0) is 36.4 Å². The molecule has 0 spiro atoms. The molecule has 0 saturated carbocycles. The molecule has 5 nitrogen and oxygen atoms in total. The van der Waals surface area contributed by atoms with E-state index in [1.165, 1.54) is 32.2 Å². The Bertz CT molecular complexity index is 732. The fraction of sp³-hybridized carbons (Fsp3) is 0.176. The number of methoxy groups -OCH3 is 1. The third-order valence-electron chi connectivity index (χ3n) is 3.06. The Morgan fingerprint density at radius 2 is 1.78 bits per heavy atom. The van der Waals surface area contributed by atoms with Crippen molar-refractivity contribution in [3.05, 3.63) is 53.8 Å². The average molecular weight is 316 g/mol. The first-order valence-corrected chi connectivity index (χ1v) is 6.98. The van der Waals surface area contributed by atoms with Crippen LogP contribution >= 0.6 is 0 Å². The largest absolute Gasteiger partial charge is 0.496 e. The molecule has 2 rings (SSSR count). The van der Waals surface area contributed by atoms with Crippen LogP contribution in [0.1, 0.15) is 12.5 Å². The smallest absolute Gasteiger partial charge is 0.228 e. The minimum atomic E-state index is -0.429. The van der Waals surface area contributed by atoms with Crippen LogP contribution in [0.2, 0.25) is 0 Å². The number of ether oxygens (including phenoxy) is 1. The van der Waals surface area contributed by atoms with Gasteiger partial charge in [-0.1, -0.05) is 6.07 Å². The van der Waals surface area contributed by atoms with Gasteiger partial charge in [0.15, 0.2) is 0 Å². The lowest BCUT2D eigenvalue weighted by Crippen LogP contribution is -2.15. The van der Waals surface area contributed by atoms with Crippen LogP contribution in [0.3, 0.4) is 0 Å². The van der Waals surface area contributed by atoms with Gasteiger partial charge in [-0.25, -0.2) is 4.39 Å². The zero-order valence-corrected chi connectivity index (χ0v) is 12.9. The van der Waals surface area contributed by atoms with Crippen molar-refractivity contribution in [3.8, 4) is 5.75 Å². The number of amides is 2. The minimum absolute atomic E-state index is 0.0225. The molecule has 120 valence electrons. The molecule has 0 fully saturated rings. The molecule has 2 N–H and O–H groups in total. The van der Waals surface area contributed by atoms with Gasteiger partial charge in [-0.3, -0.25) is 9.59 Å². The highest BCUT2D eigenvalue weighted by Gasteiger charge is 2.10. The molecule has 23 heavy (non-hydrogen) atoms. The first kappa shape index (κ1) is 16.5. The van der Waals surface area contributed by atoms with Gasteiger partial charge in [-0.2, -0.15) is 0 Å². The maximum atomic E-state index is 13.3. The van der Waals surface area contributed by atoms with Gasteiger partial charge in [0.2, 0.25) is 11.8 Å². The summed E-state index contributed by atoms with van der Waals surface area (Å²) < 4.78 is 18.4. The van der Waals surface area contributed by atoms with Crippen LogP contribution in [0, 0.1) is 5.82 Å². The summed E-state index contributed by atoms with van der Waals surface area (Å²) in [5, 5.41) is 5.34. The van der Waals surface area contributed by atoms with E-state index in [9.17, 15) is 14.0 Å². The summed E-state index contributed by atoms with van der Waals surface area (Å²) in [4.78, 5) is 23.2. The van der Waals surface area contributed by atoms with Gasteiger partial charge >= 0.3 is 0 Å². The maximum absolute atomic E-state index is 13.3. The van der Waals surface area contributed by atoms with E-state index in [-0.39, 0.29) is 18.2 Å². The summed E-state index contributed by atoms with van der Waals surface area (Å²) in [7, 11) is 1.46. The molecule has 0 saturated heterocycles. The van der Waals surface area contributed by atoms with Crippen molar-refractivity contribution >= 4 is 23.2 Å². The van der Waals surface area contributed by atoms with Crippen molar-refractivity contribution in [2.75, 3.05) is 17.7 Å². The second-order valence-corrected chi connectivity index (χ2v) is 4.94. The Morgan fingerprint density at radius 1 is 1.09 bits per heavy atom. The zero-order chi connectivity index (χ0) is 16.8. The number of carbonyl (C=O) groups excluding carboxylic acids is 2. The van der Waals surface area contributed by atoms with Gasteiger partial charge in [0.05, 0.1) is 13.5 Å². The highest BCUT2D eigenvalue weighted by atomic mass is 19.1. The van der Waals surface area contributed by atoms with E-state index in [2.05, 4.69) is 10.6 Å².